The van der Waals surface area contributed by atoms with Gasteiger partial charge in [-0.15, -0.1) is 0 Å². The fourth-order valence-corrected chi connectivity index (χ4v) is 1.32. The summed E-state index contributed by atoms with van der Waals surface area (Å²) >= 11 is 0. The molecule has 20 heavy (non-hydrogen) atoms. The van der Waals surface area contributed by atoms with E-state index in [0.29, 0.717) is 11.3 Å². The zero-order valence-electron chi connectivity index (χ0n) is 10.9. The third kappa shape index (κ3) is 3.78. The first kappa shape index (κ1) is 15.1. The molecule has 0 aliphatic heterocycles. The minimum absolute atomic E-state index is 0.0528. The number of nitro groups is 1. The molecular formula is C12H12N4O4. The summed E-state index contributed by atoms with van der Waals surface area (Å²) in [6, 6.07) is 5.70. The highest BCUT2D eigenvalue weighted by Gasteiger charge is 2.12. The molecule has 0 fully saturated rings. The Bertz CT molecular complexity index is 604. The van der Waals surface area contributed by atoms with Crippen LogP contribution < -0.4 is 5.43 Å². The molecule has 0 spiro atoms. The summed E-state index contributed by atoms with van der Waals surface area (Å²) < 4.78 is 4.64. The third-order valence-corrected chi connectivity index (χ3v) is 2.28. The maximum absolute atomic E-state index is 11.3. The van der Waals surface area contributed by atoms with Gasteiger partial charge in [0.05, 0.1) is 17.2 Å². The second kappa shape index (κ2) is 6.84. The number of hydrogen-bond donors (Lipinski definition) is 1. The van der Waals surface area contributed by atoms with Gasteiger partial charge in [0.15, 0.2) is 0 Å². The summed E-state index contributed by atoms with van der Waals surface area (Å²) in [5, 5.41) is 23.0. The first-order valence-corrected chi connectivity index (χ1v) is 5.65. The molecule has 104 valence electrons. The van der Waals surface area contributed by atoms with E-state index in [-0.39, 0.29) is 12.3 Å². The molecule has 8 nitrogen and oxygen atoms in total. The van der Waals surface area contributed by atoms with Crippen LogP contribution in [0.3, 0.4) is 0 Å². The van der Waals surface area contributed by atoms with Crippen LogP contribution in [0.25, 0.3) is 0 Å². The first-order valence-electron chi connectivity index (χ1n) is 5.65. The van der Waals surface area contributed by atoms with E-state index in [2.05, 4.69) is 15.3 Å². The van der Waals surface area contributed by atoms with Gasteiger partial charge in [0.25, 0.3) is 5.69 Å². The van der Waals surface area contributed by atoms with Gasteiger partial charge in [0.2, 0.25) is 5.71 Å². The largest absolute Gasteiger partial charge is 0.461 e. The molecule has 1 aromatic rings. The summed E-state index contributed by atoms with van der Waals surface area (Å²) in [7, 11) is 0. The van der Waals surface area contributed by atoms with Gasteiger partial charge >= 0.3 is 5.97 Å². The highest BCUT2D eigenvalue weighted by atomic mass is 16.6. The second-order valence-corrected chi connectivity index (χ2v) is 3.66. The van der Waals surface area contributed by atoms with E-state index in [1.807, 2.05) is 0 Å². The zero-order valence-corrected chi connectivity index (χ0v) is 10.9. The number of ether oxygens (including phenoxy) is 1. The minimum atomic E-state index is -0.831. The fourth-order valence-electron chi connectivity index (χ4n) is 1.32. The van der Waals surface area contributed by atoms with Crippen LogP contribution >= 0.6 is 0 Å². The van der Waals surface area contributed by atoms with Crippen LogP contribution in [0.15, 0.2) is 23.3 Å². The fraction of sp³-hybridized carbons (Fsp3) is 0.250. The number of non-ortho nitro benzene ring substituents is 1. The molecule has 0 heterocycles. The van der Waals surface area contributed by atoms with Crippen LogP contribution in [0.1, 0.15) is 12.5 Å². The summed E-state index contributed by atoms with van der Waals surface area (Å²) in [5.41, 5.74) is 3.04. The van der Waals surface area contributed by atoms with Crippen molar-refractivity contribution in [2.45, 2.75) is 13.8 Å². The molecule has 1 rings (SSSR count). The second-order valence-electron chi connectivity index (χ2n) is 3.66. The maximum atomic E-state index is 11.3. The van der Waals surface area contributed by atoms with Crippen molar-refractivity contribution in [3.8, 4) is 6.07 Å². The van der Waals surface area contributed by atoms with Gasteiger partial charge in [-0.2, -0.15) is 10.4 Å². The van der Waals surface area contributed by atoms with Gasteiger partial charge in [0.1, 0.15) is 6.07 Å². The number of nitrogens with one attached hydrogen (secondary N) is 1. The molecule has 0 atom stereocenters. The number of esters is 1. The van der Waals surface area contributed by atoms with E-state index in [1.54, 1.807) is 19.9 Å². The van der Waals surface area contributed by atoms with E-state index in [9.17, 15) is 14.9 Å². The van der Waals surface area contributed by atoms with E-state index in [0.717, 1.165) is 0 Å². The molecule has 0 bridgehead atoms. The maximum Gasteiger partial charge on any atom is 0.369 e. The Balaban J connectivity index is 2.91. The predicted octanol–water partition coefficient (Wildman–Crippen LogP) is 1.76. The van der Waals surface area contributed by atoms with Crippen molar-refractivity contribution in [2.24, 2.45) is 5.10 Å². The van der Waals surface area contributed by atoms with Crippen molar-refractivity contribution >= 4 is 23.1 Å². The molecule has 0 amide bonds. The molecular weight excluding hydrogens is 264 g/mol. The molecule has 0 radical (unpaired) electrons. The molecule has 0 aliphatic carbocycles. The van der Waals surface area contributed by atoms with Crippen molar-refractivity contribution in [1.29, 1.82) is 5.26 Å². The van der Waals surface area contributed by atoms with Crippen LogP contribution in [-0.4, -0.2) is 23.2 Å². The van der Waals surface area contributed by atoms with Crippen LogP contribution in [0.2, 0.25) is 0 Å². The van der Waals surface area contributed by atoms with Crippen LogP contribution in [0, 0.1) is 28.4 Å². The van der Waals surface area contributed by atoms with E-state index in [4.69, 9.17) is 5.26 Å². The normalized spacial score (nSPS) is 10.6. The number of aryl methyl sites for hydroxylation is 1. The lowest BCUT2D eigenvalue weighted by Crippen LogP contribution is -2.17. The Hall–Kier alpha value is -2.95. The third-order valence-electron chi connectivity index (χ3n) is 2.28. The predicted molar refractivity (Wildman–Crippen MR) is 71.1 cm³/mol. The highest BCUT2D eigenvalue weighted by Crippen LogP contribution is 2.21. The molecule has 8 heteroatoms. The van der Waals surface area contributed by atoms with E-state index in [1.165, 1.54) is 18.2 Å². The minimum Gasteiger partial charge on any atom is -0.461 e. The van der Waals surface area contributed by atoms with Gasteiger partial charge < -0.3 is 4.74 Å². The molecule has 1 aromatic carbocycles. The molecule has 0 saturated heterocycles. The quantitative estimate of drug-likeness (QED) is 0.379. The van der Waals surface area contributed by atoms with Gasteiger partial charge in [-0.1, -0.05) is 0 Å². The smallest absolute Gasteiger partial charge is 0.369 e. The number of hydrazone groups is 1. The van der Waals surface area contributed by atoms with Gasteiger partial charge in [-0.3, -0.25) is 15.5 Å². The summed E-state index contributed by atoms with van der Waals surface area (Å²) in [6.07, 6.45) is 0. The van der Waals surface area contributed by atoms with Gasteiger partial charge in [-0.25, -0.2) is 4.79 Å². The van der Waals surface area contributed by atoms with Gasteiger partial charge in [0, 0.05) is 12.1 Å². The summed E-state index contributed by atoms with van der Waals surface area (Å²) in [5.74, 6) is -0.831. The Morgan fingerprint density at radius 2 is 2.30 bits per heavy atom. The van der Waals surface area contributed by atoms with Crippen LogP contribution in [0.4, 0.5) is 11.4 Å². The van der Waals surface area contributed by atoms with Crippen molar-refractivity contribution in [3.05, 3.63) is 33.9 Å². The van der Waals surface area contributed by atoms with Crippen molar-refractivity contribution < 1.29 is 14.5 Å². The number of hydrogen-bond acceptors (Lipinski definition) is 7. The van der Waals surface area contributed by atoms with E-state index < -0.39 is 16.6 Å². The number of nitro benzene ring substituents is 1. The Labute approximate surface area is 114 Å². The Kier molecular flexibility index (Phi) is 5.17. The van der Waals surface area contributed by atoms with Crippen molar-refractivity contribution in [1.82, 2.24) is 0 Å². The number of rotatable bonds is 5. The molecule has 0 aromatic heterocycles. The summed E-state index contributed by atoms with van der Waals surface area (Å²) in [6.45, 7) is 3.39. The number of nitriles is 1. The topological polar surface area (TPSA) is 118 Å². The lowest BCUT2D eigenvalue weighted by Gasteiger charge is -2.05. The van der Waals surface area contributed by atoms with Gasteiger partial charge in [-0.05, 0) is 25.5 Å². The molecule has 0 aliphatic rings. The monoisotopic (exact) mass is 276 g/mol. The molecule has 0 saturated carbocycles. The summed E-state index contributed by atoms with van der Waals surface area (Å²) in [4.78, 5) is 21.4. The lowest BCUT2D eigenvalue weighted by molar-refractivity contribution is -0.384. The average Bonchev–Trinajstić information content (AvgIpc) is 2.41. The van der Waals surface area contributed by atoms with E-state index >= 15 is 0 Å². The number of carbonyl (C=O) groups excluding carboxylic acids is 1. The molecule has 1 N–H and O–H groups in total. The zero-order chi connectivity index (χ0) is 15.1. The number of nitrogens with zero attached hydrogens (tertiary/aromatic N) is 3. The highest BCUT2D eigenvalue weighted by molar-refractivity contribution is 6.43. The van der Waals surface area contributed by atoms with Crippen LogP contribution in [-0.2, 0) is 9.53 Å². The van der Waals surface area contributed by atoms with Crippen molar-refractivity contribution in [3.63, 3.8) is 0 Å². The Morgan fingerprint density at radius 3 is 2.80 bits per heavy atom. The number of benzene rings is 1. The van der Waals surface area contributed by atoms with Crippen LogP contribution in [0.5, 0.6) is 0 Å². The number of carbonyl (C=O) groups is 1. The SMILES string of the molecule is CCOC(=O)/C(C#N)=N\Nc1ccc([N+](=O)[O-])cc1C. The molecule has 0 unspecified atom stereocenters. The standard InChI is InChI=1S/C12H12N4O4/c1-3-20-12(17)11(7-13)15-14-10-5-4-9(16(18)19)6-8(10)2/h4-6,14H,3H2,1-2H3/b15-11-. The first-order chi connectivity index (χ1) is 9.49. The lowest BCUT2D eigenvalue weighted by atomic mass is 10.2. The Morgan fingerprint density at radius 1 is 1.60 bits per heavy atom. The average molecular weight is 276 g/mol. The van der Waals surface area contributed by atoms with Crippen molar-refractivity contribution in [2.75, 3.05) is 12.0 Å². The number of anilines is 1.